The van der Waals surface area contributed by atoms with Crippen LogP contribution in [0.2, 0.25) is 0 Å². The van der Waals surface area contributed by atoms with Crippen molar-refractivity contribution in [3.63, 3.8) is 0 Å². The summed E-state index contributed by atoms with van der Waals surface area (Å²) in [5.41, 5.74) is 6.47. The van der Waals surface area contributed by atoms with Crippen molar-refractivity contribution in [1.29, 1.82) is 0 Å². The molecule has 96 valence electrons. The molecule has 17 heavy (non-hydrogen) atoms. The Morgan fingerprint density at radius 2 is 2.12 bits per heavy atom. The van der Waals surface area contributed by atoms with Crippen LogP contribution in [-0.2, 0) is 6.54 Å². The molecule has 0 aliphatic carbocycles. The maximum atomic E-state index is 9.21. The first kappa shape index (κ1) is 14.2. The van der Waals surface area contributed by atoms with Gasteiger partial charge in [0.15, 0.2) is 11.5 Å². The van der Waals surface area contributed by atoms with Gasteiger partial charge in [-0.15, -0.1) is 0 Å². The third-order valence-corrected chi connectivity index (χ3v) is 2.93. The number of ether oxygens (including phenoxy) is 2. The standard InChI is InChI=1S/C11H16BrNO4/c1-16-10-2-7(4-13)9(12)3-11(10)17-6-8(15)5-14/h2-3,8,14-15H,4-6,13H2,1H3. The van der Waals surface area contributed by atoms with Crippen LogP contribution >= 0.6 is 15.9 Å². The van der Waals surface area contributed by atoms with Gasteiger partial charge in [-0.1, -0.05) is 15.9 Å². The van der Waals surface area contributed by atoms with E-state index in [9.17, 15) is 5.11 Å². The van der Waals surface area contributed by atoms with Crippen LogP contribution in [0.3, 0.4) is 0 Å². The molecule has 0 spiro atoms. The van der Waals surface area contributed by atoms with E-state index in [1.54, 1.807) is 12.1 Å². The molecule has 0 aliphatic heterocycles. The summed E-state index contributed by atoms with van der Waals surface area (Å²) in [7, 11) is 1.53. The van der Waals surface area contributed by atoms with Crippen molar-refractivity contribution >= 4 is 15.9 Å². The number of hydrogen-bond acceptors (Lipinski definition) is 5. The molecular weight excluding hydrogens is 290 g/mol. The summed E-state index contributed by atoms with van der Waals surface area (Å²) in [4.78, 5) is 0. The predicted molar refractivity (Wildman–Crippen MR) is 67.2 cm³/mol. The van der Waals surface area contributed by atoms with Gasteiger partial charge in [-0.25, -0.2) is 0 Å². The second-order valence-electron chi connectivity index (χ2n) is 3.45. The van der Waals surface area contributed by atoms with Crippen LogP contribution in [0.1, 0.15) is 5.56 Å². The highest BCUT2D eigenvalue weighted by Gasteiger charge is 2.11. The minimum Gasteiger partial charge on any atom is -0.493 e. The molecule has 6 heteroatoms. The highest BCUT2D eigenvalue weighted by Crippen LogP contribution is 2.33. The molecule has 0 radical (unpaired) electrons. The number of nitrogens with two attached hydrogens (primary N) is 1. The Morgan fingerprint density at radius 1 is 1.41 bits per heavy atom. The number of rotatable bonds is 6. The summed E-state index contributed by atoms with van der Waals surface area (Å²) in [6.07, 6.45) is -0.910. The third-order valence-electron chi connectivity index (χ3n) is 2.19. The lowest BCUT2D eigenvalue weighted by Gasteiger charge is -2.14. The average Bonchev–Trinajstić information content (AvgIpc) is 2.35. The molecule has 0 aromatic heterocycles. The Bertz CT molecular complexity index is 373. The van der Waals surface area contributed by atoms with Crippen LogP contribution in [0.4, 0.5) is 0 Å². The zero-order valence-corrected chi connectivity index (χ0v) is 11.1. The highest BCUT2D eigenvalue weighted by atomic mass is 79.9. The summed E-state index contributed by atoms with van der Waals surface area (Å²) in [5.74, 6) is 1.03. The Kier molecular flexibility index (Phi) is 5.70. The molecule has 0 amide bonds. The number of halogens is 1. The van der Waals surface area contributed by atoms with Crippen molar-refractivity contribution in [3.05, 3.63) is 22.2 Å². The van der Waals surface area contributed by atoms with Crippen LogP contribution in [0.25, 0.3) is 0 Å². The fraction of sp³-hybridized carbons (Fsp3) is 0.455. The zero-order chi connectivity index (χ0) is 12.8. The molecule has 0 bridgehead atoms. The monoisotopic (exact) mass is 305 g/mol. The highest BCUT2D eigenvalue weighted by molar-refractivity contribution is 9.10. The molecule has 0 fully saturated rings. The van der Waals surface area contributed by atoms with Crippen molar-refractivity contribution in [2.75, 3.05) is 20.3 Å². The van der Waals surface area contributed by atoms with Crippen molar-refractivity contribution in [3.8, 4) is 11.5 Å². The van der Waals surface area contributed by atoms with E-state index in [1.165, 1.54) is 7.11 Å². The molecule has 5 nitrogen and oxygen atoms in total. The van der Waals surface area contributed by atoms with E-state index in [0.717, 1.165) is 10.0 Å². The molecule has 1 atom stereocenters. The second-order valence-corrected chi connectivity index (χ2v) is 4.30. The van der Waals surface area contributed by atoms with Crippen LogP contribution in [0, 0.1) is 0 Å². The minimum atomic E-state index is -0.910. The predicted octanol–water partition coefficient (Wildman–Crippen LogP) is 0.648. The Hall–Kier alpha value is -0.820. The molecule has 0 aliphatic rings. The van der Waals surface area contributed by atoms with Crippen LogP contribution in [-0.4, -0.2) is 36.6 Å². The Balaban J connectivity index is 2.87. The fourth-order valence-electron chi connectivity index (χ4n) is 1.24. The second kappa shape index (κ2) is 6.80. The number of aliphatic hydroxyl groups excluding tert-OH is 2. The van der Waals surface area contributed by atoms with Gasteiger partial charge in [0.2, 0.25) is 0 Å². The molecule has 0 saturated heterocycles. The molecule has 0 heterocycles. The van der Waals surface area contributed by atoms with Gasteiger partial charge in [0.05, 0.1) is 13.7 Å². The Labute approximate surface area is 108 Å². The topological polar surface area (TPSA) is 84.9 Å². The van der Waals surface area contributed by atoms with E-state index in [0.29, 0.717) is 18.0 Å². The first-order valence-electron chi connectivity index (χ1n) is 5.10. The molecule has 4 N–H and O–H groups in total. The fourth-order valence-corrected chi connectivity index (χ4v) is 1.73. The number of hydrogen-bond donors (Lipinski definition) is 3. The molecule has 1 aromatic carbocycles. The SMILES string of the molecule is COc1cc(CN)c(Br)cc1OCC(O)CO. The summed E-state index contributed by atoms with van der Waals surface area (Å²) < 4.78 is 11.3. The maximum absolute atomic E-state index is 9.21. The summed E-state index contributed by atoms with van der Waals surface area (Å²) in [6.45, 7) is 0.0438. The number of benzene rings is 1. The van der Waals surface area contributed by atoms with E-state index in [2.05, 4.69) is 15.9 Å². The van der Waals surface area contributed by atoms with E-state index in [1.807, 2.05) is 0 Å². The first-order chi connectivity index (χ1) is 8.12. The van der Waals surface area contributed by atoms with Crippen LogP contribution in [0.15, 0.2) is 16.6 Å². The van der Waals surface area contributed by atoms with Crippen molar-refractivity contribution in [2.24, 2.45) is 5.73 Å². The average molecular weight is 306 g/mol. The molecule has 1 unspecified atom stereocenters. The van der Waals surface area contributed by atoms with Crippen molar-refractivity contribution in [2.45, 2.75) is 12.6 Å². The summed E-state index contributed by atoms with van der Waals surface area (Å²) >= 11 is 3.37. The van der Waals surface area contributed by atoms with Crippen LogP contribution in [0.5, 0.6) is 11.5 Å². The first-order valence-corrected chi connectivity index (χ1v) is 5.89. The third kappa shape index (κ3) is 3.85. The van der Waals surface area contributed by atoms with Crippen molar-refractivity contribution in [1.82, 2.24) is 0 Å². The normalized spacial score (nSPS) is 12.3. The molecule has 1 aromatic rings. The largest absolute Gasteiger partial charge is 0.493 e. The lowest BCUT2D eigenvalue weighted by Crippen LogP contribution is -2.21. The van der Waals surface area contributed by atoms with Gasteiger partial charge in [-0.2, -0.15) is 0 Å². The summed E-state index contributed by atoms with van der Waals surface area (Å²) in [6, 6.07) is 3.50. The Morgan fingerprint density at radius 3 is 2.65 bits per heavy atom. The van der Waals surface area contributed by atoms with Gasteiger partial charge < -0.3 is 25.4 Å². The lowest BCUT2D eigenvalue weighted by atomic mass is 10.2. The van der Waals surface area contributed by atoms with Gasteiger partial charge in [-0.05, 0) is 17.7 Å². The smallest absolute Gasteiger partial charge is 0.162 e. The van der Waals surface area contributed by atoms with Crippen molar-refractivity contribution < 1.29 is 19.7 Å². The van der Waals surface area contributed by atoms with Crippen LogP contribution < -0.4 is 15.2 Å². The zero-order valence-electron chi connectivity index (χ0n) is 9.52. The molecule has 1 rings (SSSR count). The quantitative estimate of drug-likeness (QED) is 0.718. The van der Waals surface area contributed by atoms with Gasteiger partial charge >= 0.3 is 0 Å². The van der Waals surface area contributed by atoms with Gasteiger partial charge in [0.1, 0.15) is 12.7 Å². The minimum absolute atomic E-state index is 0.00126. The summed E-state index contributed by atoms with van der Waals surface area (Å²) in [5, 5.41) is 17.9. The van der Waals surface area contributed by atoms with Gasteiger partial charge in [0.25, 0.3) is 0 Å². The van der Waals surface area contributed by atoms with E-state index >= 15 is 0 Å². The number of aliphatic hydroxyl groups is 2. The van der Waals surface area contributed by atoms with E-state index < -0.39 is 6.10 Å². The number of methoxy groups -OCH3 is 1. The van der Waals surface area contributed by atoms with E-state index in [4.69, 9.17) is 20.3 Å². The molecule has 0 saturated carbocycles. The van der Waals surface area contributed by atoms with Gasteiger partial charge in [-0.3, -0.25) is 0 Å². The molecular formula is C11H16BrNO4. The lowest BCUT2D eigenvalue weighted by molar-refractivity contribution is 0.0527. The van der Waals surface area contributed by atoms with Gasteiger partial charge in [0, 0.05) is 11.0 Å². The maximum Gasteiger partial charge on any atom is 0.162 e. The van der Waals surface area contributed by atoms with E-state index in [-0.39, 0.29) is 13.2 Å².